The Morgan fingerprint density at radius 1 is 1.40 bits per heavy atom. The molecule has 0 saturated heterocycles. The molecule has 1 N–H and O–H groups in total. The van der Waals surface area contributed by atoms with Crippen molar-refractivity contribution in [3.8, 4) is 5.69 Å². The summed E-state index contributed by atoms with van der Waals surface area (Å²) in [5.41, 5.74) is 1.04. The molecule has 8 heteroatoms. The van der Waals surface area contributed by atoms with Crippen LogP contribution >= 0.6 is 0 Å². The number of rotatable bonds is 4. The van der Waals surface area contributed by atoms with Crippen molar-refractivity contribution in [1.29, 1.82) is 0 Å². The van der Waals surface area contributed by atoms with Crippen LogP contribution < -0.4 is 5.32 Å². The molecule has 0 radical (unpaired) electrons. The Balaban J connectivity index is 2.15. The Hall–Kier alpha value is -2.77. The molecule has 104 valence electrons. The van der Waals surface area contributed by atoms with Gasteiger partial charge < -0.3 is 10.1 Å². The number of nitrogens with one attached hydrogen (secondary N) is 1. The summed E-state index contributed by atoms with van der Waals surface area (Å²) in [4.78, 5) is 23.3. The molecule has 8 nitrogen and oxygen atoms in total. The lowest BCUT2D eigenvalue weighted by atomic mass is 10.1. The molecular formula is C12H13N5O3. The van der Waals surface area contributed by atoms with Crippen molar-refractivity contribution in [3.05, 3.63) is 36.2 Å². The molecule has 1 aromatic heterocycles. The molecule has 1 atom stereocenters. The highest BCUT2D eigenvalue weighted by molar-refractivity contribution is 5.97. The van der Waals surface area contributed by atoms with Gasteiger partial charge in [-0.05, 0) is 35.5 Å². The summed E-state index contributed by atoms with van der Waals surface area (Å²) < 4.78 is 5.98. The van der Waals surface area contributed by atoms with E-state index in [0.717, 1.165) is 0 Å². The van der Waals surface area contributed by atoms with Crippen LogP contribution in [0.15, 0.2) is 30.6 Å². The Labute approximate surface area is 114 Å². The zero-order valence-corrected chi connectivity index (χ0v) is 11.0. The van der Waals surface area contributed by atoms with Gasteiger partial charge in [0.2, 0.25) is 0 Å². The van der Waals surface area contributed by atoms with Gasteiger partial charge in [-0.1, -0.05) is 6.07 Å². The molecule has 1 heterocycles. The zero-order chi connectivity index (χ0) is 14.5. The van der Waals surface area contributed by atoms with Crippen LogP contribution in [0, 0.1) is 0 Å². The number of methoxy groups -OCH3 is 1. The zero-order valence-electron chi connectivity index (χ0n) is 11.0. The smallest absolute Gasteiger partial charge is 0.328 e. The van der Waals surface area contributed by atoms with Crippen LogP contribution in [0.1, 0.15) is 17.3 Å². The predicted molar refractivity (Wildman–Crippen MR) is 68.1 cm³/mol. The third-order valence-corrected chi connectivity index (χ3v) is 2.62. The molecule has 1 amide bonds. The fourth-order valence-electron chi connectivity index (χ4n) is 1.58. The molecule has 2 rings (SSSR count). The Bertz CT molecular complexity index is 611. The number of tetrazole rings is 1. The number of hydrogen-bond donors (Lipinski definition) is 1. The second-order valence-electron chi connectivity index (χ2n) is 4.02. The summed E-state index contributed by atoms with van der Waals surface area (Å²) in [6.07, 6.45) is 1.42. The third-order valence-electron chi connectivity index (χ3n) is 2.62. The first-order valence-corrected chi connectivity index (χ1v) is 5.84. The van der Waals surface area contributed by atoms with E-state index >= 15 is 0 Å². The standard InChI is InChI=1S/C12H13N5O3/c1-8(12(19)20-2)14-11(18)9-4-3-5-10(6-9)17-7-13-15-16-17/h3-8H,1-2H3,(H,14,18). The number of carbonyl (C=O) groups excluding carboxylic acids is 2. The van der Waals surface area contributed by atoms with Gasteiger partial charge in [-0.25, -0.2) is 9.48 Å². The average molecular weight is 275 g/mol. The minimum absolute atomic E-state index is 0.377. The summed E-state index contributed by atoms with van der Waals surface area (Å²) in [5, 5.41) is 13.3. The van der Waals surface area contributed by atoms with Gasteiger partial charge in [0.15, 0.2) is 0 Å². The molecule has 0 aliphatic carbocycles. The normalized spacial score (nSPS) is 11.7. The second-order valence-corrected chi connectivity index (χ2v) is 4.02. The first-order chi connectivity index (χ1) is 9.61. The lowest BCUT2D eigenvalue weighted by Gasteiger charge is -2.11. The van der Waals surface area contributed by atoms with Crippen molar-refractivity contribution < 1.29 is 14.3 Å². The van der Waals surface area contributed by atoms with Crippen LogP contribution in [0.3, 0.4) is 0 Å². The van der Waals surface area contributed by atoms with Crippen molar-refractivity contribution >= 4 is 11.9 Å². The lowest BCUT2D eigenvalue weighted by molar-refractivity contribution is -0.142. The minimum Gasteiger partial charge on any atom is -0.467 e. The maximum Gasteiger partial charge on any atom is 0.328 e. The molecular weight excluding hydrogens is 262 g/mol. The van der Waals surface area contributed by atoms with E-state index < -0.39 is 12.0 Å². The third kappa shape index (κ3) is 2.97. The number of carbonyl (C=O) groups is 2. The SMILES string of the molecule is COC(=O)C(C)NC(=O)c1cccc(-n2cnnn2)c1. The van der Waals surface area contributed by atoms with Gasteiger partial charge in [-0.15, -0.1) is 5.10 Å². The summed E-state index contributed by atoms with van der Waals surface area (Å²) in [6.45, 7) is 1.55. The van der Waals surface area contributed by atoms with E-state index in [9.17, 15) is 9.59 Å². The number of esters is 1. The highest BCUT2D eigenvalue weighted by Crippen LogP contribution is 2.09. The van der Waals surface area contributed by atoms with Gasteiger partial charge in [0, 0.05) is 5.56 Å². The van der Waals surface area contributed by atoms with E-state index in [2.05, 4.69) is 25.6 Å². The molecule has 1 aromatic carbocycles. The summed E-state index contributed by atoms with van der Waals surface area (Å²) in [7, 11) is 1.27. The van der Waals surface area contributed by atoms with Crippen molar-refractivity contribution in [2.24, 2.45) is 0 Å². The van der Waals surface area contributed by atoms with Gasteiger partial charge in [0.05, 0.1) is 12.8 Å². The highest BCUT2D eigenvalue weighted by Gasteiger charge is 2.17. The molecule has 0 spiro atoms. The number of hydrogen-bond acceptors (Lipinski definition) is 6. The van der Waals surface area contributed by atoms with Crippen LogP contribution in [-0.4, -0.2) is 45.2 Å². The van der Waals surface area contributed by atoms with Gasteiger partial charge in [-0.3, -0.25) is 4.79 Å². The fraction of sp³-hybridized carbons (Fsp3) is 0.250. The van der Waals surface area contributed by atoms with Crippen molar-refractivity contribution in [1.82, 2.24) is 25.5 Å². The van der Waals surface area contributed by atoms with Crippen molar-refractivity contribution in [3.63, 3.8) is 0 Å². The number of amides is 1. The summed E-state index contributed by atoms with van der Waals surface area (Å²) in [6, 6.07) is 6.00. The molecule has 0 bridgehead atoms. The molecule has 0 aliphatic heterocycles. The van der Waals surface area contributed by atoms with Crippen LogP contribution in [-0.2, 0) is 9.53 Å². The molecule has 20 heavy (non-hydrogen) atoms. The molecule has 0 aliphatic rings. The minimum atomic E-state index is -0.718. The van der Waals surface area contributed by atoms with E-state index in [1.165, 1.54) is 18.1 Å². The number of aromatic nitrogens is 4. The van der Waals surface area contributed by atoms with Crippen molar-refractivity contribution in [2.45, 2.75) is 13.0 Å². The molecule has 0 fully saturated rings. The topological polar surface area (TPSA) is 99.0 Å². The van der Waals surface area contributed by atoms with Gasteiger partial charge in [0.1, 0.15) is 12.4 Å². The maximum absolute atomic E-state index is 12.0. The fourth-order valence-corrected chi connectivity index (χ4v) is 1.58. The monoisotopic (exact) mass is 275 g/mol. The quantitative estimate of drug-likeness (QED) is 0.786. The number of ether oxygens (including phenoxy) is 1. The summed E-state index contributed by atoms with van der Waals surface area (Å²) in [5.74, 6) is -0.882. The van der Waals surface area contributed by atoms with Gasteiger partial charge >= 0.3 is 5.97 Å². The maximum atomic E-state index is 12.0. The number of benzene rings is 1. The first-order valence-electron chi connectivity index (χ1n) is 5.84. The first kappa shape index (κ1) is 13.7. The molecule has 2 aromatic rings. The largest absolute Gasteiger partial charge is 0.467 e. The van der Waals surface area contributed by atoms with Crippen LogP contribution in [0.2, 0.25) is 0 Å². The highest BCUT2D eigenvalue weighted by atomic mass is 16.5. The van der Waals surface area contributed by atoms with E-state index in [0.29, 0.717) is 11.3 Å². The lowest BCUT2D eigenvalue weighted by Crippen LogP contribution is -2.39. The molecule has 1 unspecified atom stereocenters. The van der Waals surface area contributed by atoms with E-state index in [-0.39, 0.29) is 5.91 Å². The summed E-state index contributed by atoms with van der Waals surface area (Å²) >= 11 is 0. The number of nitrogens with zero attached hydrogens (tertiary/aromatic N) is 4. The van der Waals surface area contributed by atoms with Crippen LogP contribution in [0.5, 0.6) is 0 Å². The van der Waals surface area contributed by atoms with E-state index in [4.69, 9.17) is 0 Å². The van der Waals surface area contributed by atoms with Gasteiger partial charge in [0.25, 0.3) is 5.91 Å². The molecule has 0 saturated carbocycles. The Morgan fingerprint density at radius 3 is 2.85 bits per heavy atom. The predicted octanol–water partition coefficient (Wildman–Crippen LogP) is -0.0464. The van der Waals surface area contributed by atoms with Gasteiger partial charge in [-0.2, -0.15) is 0 Å². The van der Waals surface area contributed by atoms with Crippen LogP contribution in [0.25, 0.3) is 5.69 Å². The Morgan fingerprint density at radius 2 is 2.20 bits per heavy atom. The van der Waals surface area contributed by atoms with Crippen LogP contribution in [0.4, 0.5) is 0 Å². The van der Waals surface area contributed by atoms with E-state index in [1.807, 2.05) is 0 Å². The van der Waals surface area contributed by atoms with Crippen molar-refractivity contribution in [2.75, 3.05) is 7.11 Å². The van der Waals surface area contributed by atoms with E-state index in [1.54, 1.807) is 31.2 Å². The Kier molecular flexibility index (Phi) is 4.04. The second kappa shape index (κ2) is 5.91. The average Bonchev–Trinajstić information content (AvgIpc) is 3.00.